The van der Waals surface area contributed by atoms with Crippen molar-refractivity contribution in [2.45, 2.75) is 57.6 Å². The van der Waals surface area contributed by atoms with Crippen LogP contribution in [0.25, 0.3) is 0 Å². The molecule has 3 aromatic rings. The molecule has 0 saturated carbocycles. The van der Waals surface area contributed by atoms with Gasteiger partial charge in [-0.2, -0.15) is 0 Å². The van der Waals surface area contributed by atoms with Gasteiger partial charge in [-0.05, 0) is 76.6 Å². The number of carbonyl (C=O) groups is 2. The van der Waals surface area contributed by atoms with Crippen LogP contribution in [0.3, 0.4) is 0 Å². The fourth-order valence-corrected chi connectivity index (χ4v) is 5.93. The molecule has 0 heterocycles. The van der Waals surface area contributed by atoms with Crippen molar-refractivity contribution >= 4 is 50.7 Å². The fraction of sp³-hybridized carbons (Fsp3) is 0.333. The van der Waals surface area contributed by atoms with Crippen molar-refractivity contribution in [3.05, 3.63) is 87.9 Å². The van der Waals surface area contributed by atoms with Crippen molar-refractivity contribution in [2.24, 2.45) is 0 Å². The zero-order valence-electron chi connectivity index (χ0n) is 23.9. The van der Waals surface area contributed by atoms with Crippen molar-refractivity contribution in [2.75, 3.05) is 18.0 Å². The molecule has 3 rings (SSSR count). The Labute approximate surface area is 252 Å². The Morgan fingerprint density at radius 3 is 2.24 bits per heavy atom. The number of benzene rings is 3. The van der Waals surface area contributed by atoms with Gasteiger partial charge >= 0.3 is 0 Å². The Morgan fingerprint density at radius 1 is 1.00 bits per heavy atom. The summed E-state index contributed by atoms with van der Waals surface area (Å²) in [5, 5.41) is 3.01. The summed E-state index contributed by atoms with van der Waals surface area (Å²) in [6, 6.07) is 17.0. The van der Waals surface area contributed by atoms with Gasteiger partial charge in [0.05, 0.1) is 27.7 Å². The topological polar surface area (TPSA) is 96.0 Å². The van der Waals surface area contributed by atoms with Gasteiger partial charge in [0, 0.05) is 12.1 Å². The van der Waals surface area contributed by atoms with E-state index in [0.29, 0.717) is 11.3 Å². The normalized spacial score (nSPS) is 12.4. The van der Waals surface area contributed by atoms with Gasteiger partial charge < -0.3 is 15.0 Å². The van der Waals surface area contributed by atoms with E-state index in [-0.39, 0.29) is 33.1 Å². The quantitative estimate of drug-likeness (QED) is 0.308. The van der Waals surface area contributed by atoms with Gasteiger partial charge in [0.2, 0.25) is 11.8 Å². The van der Waals surface area contributed by atoms with Crippen molar-refractivity contribution in [3.63, 3.8) is 0 Å². The molecule has 41 heavy (non-hydrogen) atoms. The lowest BCUT2D eigenvalue weighted by Gasteiger charge is -2.33. The third-order valence-electron chi connectivity index (χ3n) is 6.24. The highest BCUT2D eigenvalue weighted by atomic mass is 35.5. The van der Waals surface area contributed by atoms with E-state index in [1.807, 2.05) is 27.7 Å². The Hall–Kier alpha value is -3.27. The van der Waals surface area contributed by atoms with E-state index in [2.05, 4.69) is 5.32 Å². The van der Waals surface area contributed by atoms with Crippen molar-refractivity contribution in [1.82, 2.24) is 10.2 Å². The van der Waals surface area contributed by atoms with Crippen LogP contribution in [0.4, 0.5) is 5.69 Å². The summed E-state index contributed by atoms with van der Waals surface area (Å²) in [6.45, 7) is 8.34. The highest BCUT2D eigenvalue weighted by Gasteiger charge is 2.34. The lowest BCUT2D eigenvalue weighted by Crippen LogP contribution is -2.54. The smallest absolute Gasteiger partial charge is 0.264 e. The van der Waals surface area contributed by atoms with E-state index in [1.165, 1.54) is 36.3 Å². The van der Waals surface area contributed by atoms with Gasteiger partial charge in [0.15, 0.2) is 0 Å². The van der Waals surface area contributed by atoms with Crippen LogP contribution in [0.2, 0.25) is 10.0 Å². The van der Waals surface area contributed by atoms with Gasteiger partial charge in [0.1, 0.15) is 18.3 Å². The molecule has 0 aliphatic rings. The third-order valence-corrected chi connectivity index (χ3v) is 8.82. The standard InChI is InChI=1S/C30H35Cl2N3O5S/c1-20-13-15-24(16-14-20)41(38,39)35(26-12-8-11-25(31)28(26)32)19-27(36)34(21(2)29(37)33-30(3,4)5)18-22-9-7-10-23(17-22)40-6/h7-17,21H,18-19H2,1-6H3,(H,33,37). The number of nitrogens with zero attached hydrogens (tertiary/aromatic N) is 2. The molecule has 0 aliphatic carbocycles. The number of aryl methyl sites for hydroxylation is 1. The maximum atomic E-state index is 14.1. The molecular weight excluding hydrogens is 585 g/mol. The Morgan fingerprint density at radius 2 is 1.63 bits per heavy atom. The summed E-state index contributed by atoms with van der Waals surface area (Å²) in [6.07, 6.45) is 0. The molecular formula is C30H35Cl2N3O5S. The fourth-order valence-electron chi connectivity index (χ4n) is 4.06. The Bertz CT molecular complexity index is 1510. The second-order valence-electron chi connectivity index (χ2n) is 10.7. The van der Waals surface area contributed by atoms with Gasteiger partial charge in [-0.1, -0.05) is 59.1 Å². The number of amides is 2. The minimum Gasteiger partial charge on any atom is -0.497 e. The second-order valence-corrected chi connectivity index (χ2v) is 13.3. The first-order valence-electron chi connectivity index (χ1n) is 12.9. The molecule has 0 aromatic heterocycles. The minimum atomic E-state index is -4.27. The van der Waals surface area contributed by atoms with Crippen LogP contribution >= 0.6 is 23.2 Å². The highest BCUT2D eigenvalue weighted by molar-refractivity contribution is 7.92. The monoisotopic (exact) mass is 619 g/mol. The second kappa shape index (κ2) is 13.1. The van der Waals surface area contributed by atoms with E-state index in [0.717, 1.165) is 9.87 Å². The Balaban J connectivity index is 2.09. The molecule has 8 nitrogen and oxygen atoms in total. The van der Waals surface area contributed by atoms with Crippen molar-refractivity contribution < 1.29 is 22.7 Å². The van der Waals surface area contributed by atoms with Gasteiger partial charge in [-0.15, -0.1) is 0 Å². The molecule has 1 unspecified atom stereocenters. The predicted molar refractivity (Wildman–Crippen MR) is 163 cm³/mol. The van der Waals surface area contributed by atoms with Gasteiger partial charge in [-0.25, -0.2) is 8.42 Å². The number of hydrogen-bond acceptors (Lipinski definition) is 5. The molecule has 0 spiro atoms. The highest BCUT2D eigenvalue weighted by Crippen LogP contribution is 2.35. The number of hydrogen-bond donors (Lipinski definition) is 1. The number of halogens is 2. The van der Waals surface area contributed by atoms with Gasteiger partial charge in [0.25, 0.3) is 10.0 Å². The first-order chi connectivity index (χ1) is 19.1. The maximum absolute atomic E-state index is 14.1. The largest absolute Gasteiger partial charge is 0.497 e. The summed E-state index contributed by atoms with van der Waals surface area (Å²) in [4.78, 5) is 28.6. The first kappa shape index (κ1) is 32.2. The van der Waals surface area contributed by atoms with Crippen LogP contribution in [0.5, 0.6) is 5.75 Å². The number of carbonyl (C=O) groups excluding carboxylic acids is 2. The summed E-state index contributed by atoms with van der Waals surface area (Å²) < 4.78 is 34.2. The zero-order chi connectivity index (χ0) is 30.5. The average Bonchev–Trinajstić information content (AvgIpc) is 2.91. The third kappa shape index (κ3) is 8.15. The Kier molecular flexibility index (Phi) is 10.3. The number of rotatable bonds is 10. The summed E-state index contributed by atoms with van der Waals surface area (Å²) in [5.41, 5.74) is 1.06. The molecule has 220 valence electrons. The van der Waals surface area contributed by atoms with Crippen LogP contribution in [-0.4, -0.2) is 50.4 Å². The van der Waals surface area contributed by atoms with Crippen LogP contribution in [0.15, 0.2) is 71.6 Å². The summed E-state index contributed by atoms with van der Waals surface area (Å²) in [7, 11) is -2.74. The summed E-state index contributed by atoms with van der Waals surface area (Å²) in [5.74, 6) is -0.422. The number of methoxy groups -OCH3 is 1. The molecule has 1 atom stereocenters. The number of nitrogens with one attached hydrogen (secondary N) is 1. The van der Waals surface area contributed by atoms with E-state index in [1.54, 1.807) is 49.4 Å². The molecule has 0 saturated heterocycles. The molecule has 3 aromatic carbocycles. The van der Waals surface area contributed by atoms with Crippen LogP contribution in [-0.2, 0) is 26.2 Å². The maximum Gasteiger partial charge on any atom is 0.264 e. The minimum absolute atomic E-state index is 0.0180. The lowest BCUT2D eigenvalue weighted by molar-refractivity contribution is -0.140. The van der Waals surface area contributed by atoms with E-state index in [4.69, 9.17) is 27.9 Å². The number of sulfonamides is 1. The van der Waals surface area contributed by atoms with Crippen molar-refractivity contribution in [1.29, 1.82) is 0 Å². The predicted octanol–water partition coefficient (Wildman–Crippen LogP) is 5.84. The van der Waals surface area contributed by atoms with Crippen LogP contribution < -0.4 is 14.4 Å². The molecule has 0 aliphatic heterocycles. The molecule has 11 heteroatoms. The number of anilines is 1. The van der Waals surface area contributed by atoms with Crippen LogP contribution in [0.1, 0.15) is 38.8 Å². The average molecular weight is 621 g/mol. The zero-order valence-corrected chi connectivity index (χ0v) is 26.3. The molecule has 0 bridgehead atoms. The van der Waals surface area contributed by atoms with E-state index < -0.39 is 34.1 Å². The first-order valence-corrected chi connectivity index (χ1v) is 15.1. The SMILES string of the molecule is COc1cccc(CN(C(=O)CN(c2cccc(Cl)c2Cl)S(=O)(=O)c2ccc(C)cc2)C(C)C(=O)NC(C)(C)C)c1. The van der Waals surface area contributed by atoms with E-state index in [9.17, 15) is 18.0 Å². The van der Waals surface area contributed by atoms with Crippen LogP contribution in [0, 0.1) is 6.92 Å². The molecule has 0 fully saturated rings. The van der Waals surface area contributed by atoms with E-state index >= 15 is 0 Å². The molecule has 0 radical (unpaired) electrons. The summed E-state index contributed by atoms with van der Waals surface area (Å²) >= 11 is 12.7. The lowest BCUT2D eigenvalue weighted by atomic mass is 10.1. The van der Waals surface area contributed by atoms with Gasteiger partial charge in [-0.3, -0.25) is 13.9 Å². The number of ether oxygens (including phenoxy) is 1. The molecule has 1 N–H and O–H groups in total. The van der Waals surface area contributed by atoms with Crippen molar-refractivity contribution in [3.8, 4) is 5.75 Å². The molecule has 2 amide bonds.